The molecule has 0 spiro atoms. The fourth-order valence-electron chi connectivity index (χ4n) is 0.964. The van der Waals surface area contributed by atoms with E-state index in [1.807, 2.05) is 0 Å². The van der Waals surface area contributed by atoms with Gasteiger partial charge in [-0.05, 0) is 31.0 Å². The van der Waals surface area contributed by atoms with Gasteiger partial charge < -0.3 is 14.2 Å². The van der Waals surface area contributed by atoms with Gasteiger partial charge in [-0.1, -0.05) is 20.8 Å². The maximum atomic E-state index is 10.6. The summed E-state index contributed by atoms with van der Waals surface area (Å²) in [7, 11) is -5.52. The van der Waals surface area contributed by atoms with Crippen molar-refractivity contribution >= 4 is 15.9 Å². The highest BCUT2D eigenvalue weighted by molar-refractivity contribution is 7.51. The van der Waals surface area contributed by atoms with Crippen molar-refractivity contribution in [2.24, 2.45) is 0 Å². The first-order valence-corrected chi connectivity index (χ1v) is 10.3. The largest absolute Gasteiger partial charge is 0.417 e. The van der Waals surface area contributed by atoms with Crippen LogP contribution in [0.1, 0.15) is 33.6 Å². The average molecular weight is 268 g/mol. The lowest BCUT2D eigenvalue weighted by molar-refractivity contribution is 0.280. The van der Waals surface area contributed by atoms with Crippen molar-refractivity contribution in [2.45, 2.75) is 51.7 Å². The summed E-state index contributed by atoms with van der Waals surface area (Å²) in [6.45, 7) is 11.5. The van der Waals surface area contributed by atoms with Crippen molar-refractivity contribution in [3.05, 3.63) is 0 Å². The maximum absolute atomic E-state index is 10.6. The van der Waals surface area contributed by atoms with E-state index in [2.05, 4.69) is 33.9 Å². The third kappa shape index (κ3) is 6.81. The molecule has 0 aromatic carbocycles. The second kappa shape index (κ2) is 5.78. The van der Waals surface area contributed by atoms with E-state index < -0.39 is 15.9 Å². The molecule has 0 aliphatic heterocycles. The maximum Gasteiger partial charge on any atom is 0.325 e. The monoisotopic (exact) mass is 268 g/mol. The minimum absolute atomic E-state index is 0.0339. The minimum Gasteiger partial charge on any atom is -0.417 e. The average Bonchev–Trinajstić information content (AvgIpc) is 1.98. The lowest BCUT2D eigenvalue weighted by Crippen LogP contribution is -2.40. The molecule has 0 unspecified atom stereocenters. The summed E-state index contributed by atoms with van der Waals surface area (Å²) in [4.78, 5) is 17.4. The van der Waals surface area contributed by atoms with Gasteiger partial charge in [-0.25, -0.2) is 0 Å². The van der Waals surface area contributed by atoms with Crippen molar-refractivity contribution in [1.29, 1.82) is 0 Å². The predicted molar refractivity (Wildman–Crippen MR) is 69.3 cm³/mol. The summed E-state index contributed by atoms with van der Waals surface area (Å²) >= 11 is 0. The molecule has 98 valence electrons. The summed E-state index contributed by atoms with van der Waals surface area (Å²) < 4.78 is 16.5. The van der Waals surface area contributed by atoms with Gasteiger partial charge in [0, 0.05) is 12.8 Å². The van der Waals surface area contributed by atoms with E-state index in [1.54, 1.807) is 0 Å². The van der Waals surface area contributed by atoms with Crippen molar-refractivity contribution in [3.63, 3.8) is 0 Å². The van der Waals surface area contributed by atoms with E-state index in [1.165, 1.54) is 0 Å². The molecule has 0 radical (unpaired) electrons. The Morgan fingerprint density at radius 3 is 2.06 bits per heavy atom. The molecule has 0 bridgehead atoms. The van der Waals surface area contributed by atoms with Crippen LogP contribution >= 0.6 is 7.60 Å². The molecule has 0 amide bonds. The molecule has 0 saturated carbocycles. The quantitative estimate of drug-likeness (QED) is 0.441. The molecule has 16 heavy (non-hydrogen) atoms. The van der Waals surface area contributed by atoms with Gasteiger partial charge in [-0.15, -0.1) is 0 Å². The molecule has 0 aliphatic carbocycles. The van der Waals surface area contributed by atoms with Crippen LogP contribution < -0.4 is 0 Å². The molecule has 0 rings (SSSR count). The van der Waals surface area contributed by atoms with Crippen LogP contribution in [0.5, 0.6) is 0 Å². The summed E-state index contributed by atoms with van der Waals surface area (Å²) in [5.74, 6) is 0. The van der Waals surface area contributed by atoms with Gasteiger partial charge in [0.1, 0.15) is 0 Å². The lowest BCUT2D eigenvalue weighted by Gasteiger charge is -2.36. The van der Waals surface area contributed by atoms with Crippen LogP contribution in [0.15, 0.2) is 0 Å². The zero-order valence-corrected chi connectivity index (χ0v) is 12.9. The van der Waals surface area contributed by atoms with Crippen LogP contribution in [-0.2, 0) is 8.99 Å². The Labute approximate surface area is 99.7 Å². The standard InChI is InChI=1S/C10H25O4PSi/c1-10(2,3)16(4,5)14-8-6-7-9-15(11,12)13/h6-9H2,1-5H3,(H2,11,12,13). The van der Waals surface area contributed by atoms with Gasteiger partial charge in [0.15, 0.2) is 8.32 Å². The van der Waals surface area contributed by atoms with E-state index in [0.717, 1.165) is 6.42 Å². The van der Waals surface area contributed by atoms with Crippen molar-refractivity contribution in [3.8, 4) is 0 Å². The van der Waals surface area contributed by atoms with Gasteiger partial charge >= 0.3 is 7.60 Å². The molecule has 2 N–H and O–H groups in total. The van der Waals surface area contributed by atoms with Crippen molar-refractivity contribution in [2.75, 3.05) is 12.8 Å². The molecule has 0 fully saturated rings. The molecule has 0 aromatic heterocycles. The first-order valence-electron chi connectivity index (χ1n) is 5.64. The topological polar surface area (TPSA) is 66.8 Å². The third-order valence-electron chi connectivity index (χ3n) is 3.11. The van der Waals surface area contributed by atoms with E-state index in [4.69, 9.17) is 14.2 Å². The van der Waals surface area contributed by atoms with Gasteiger partial charge in [0.05, 0.1) is 0 Å². The Bertz CT molecular complexity index is 254. The Hall–Kier alpha value is 0.327. The summed E-state index contributed by atoms with van der Waals surface area (Å²) in [6, 6.07) is 0. The van der Waals surface area contributed by atoms with E-state index >= 15 is 0 Å². The van der Waals surface area contributed by atoms with Crippen LogP contribution in [-0.4, -0.2) is 30.9 Å². The molecule has 0 saturated heterocycles. The van der Waals surface area contributed by atoms with Gasteiger partial charge in [-0.2, -0.15) is 0 Å². The summed E-state index contributed by atoms with van der Waals surface area (Å²) in [5, 5.41) is 0.191. The summed E-state index contributed by atoms with van der Waals surface area (Å²) in [5.41, 5.74) is 0. The fourth-order valence-corrected chi connectivity index (χ4v) is 2.69. The zero-order chi connectivity index (χ0) is 13.0. The van der Waals surface area contributed by atoms with E-state index in [9.17, 15) is 4.57 Å². The molecule has 0 aromatic rings. The van der Waals surface area contributed by atoms with Crippen molar-refractivity contribution in [1.82, 2.24) is 0 Å². The SMILES string of the molecule is CC(C)(C)[Si](C)(C)OCCCCP(=O)(O)O. The van der Waals surface area contributed by atoms with Gasteiger partial charge in [-0.3, -0.25) is 4.57 Å². The van der Waals surface area contributed by atoms with Gasteiger partial charge in [0.25, 0.3) is 0 Å². The highest BCUT2D eigenvalue weighted by Gasteiger charge is 2.36. The minimum atomic E-state index is -3.82. The Balaban J connectivity index is 3.80. The molecular formula is C10H25O4PSi. The normalized spacial score (nSPS) is 14.2. The first kappa shape index (κ1) is 16.3. The van der Waals surface area contributed by atoms with Crippen LogP contribution in [0.4, 0.5) is 0 Å². The van der Waals surface area contributed by atoms with Crippen LogP contribution in [0.2, 0.25) is 18.1 Å². The second-order valence-corrected chi connectivity index (χ2v) is 12.3. The van der Waals surface area contributed by atoms with Gasteiger partial charge in [0.2, 0.25) is 0 Å². The van der Waals surface area contributed by atoms with Crippen molar-refractivity contribution < 1.29 is 18.8 Å². The summed E-state index contributed by atoms with van der Waals surface area (Å²) in [6.07, 6.45) is 1.21. The predicted octanol–water partition coefficient (Wildman–Crippen LogP) is 2.97. The number of hydrogen-bond donors (Lipinski definition) is 2. The smallest absolute Gasteiger partial charge is 0.325 e. The number of unbranched alkanes of at least 4 members (excludes halogenated alkanes) is 1. The Kier molecular flexibility index (Phi) is 5.90. The first-order chi connectivity index (χ1) is 6.96. The molecule has 4 nitrogen and oxygen atoms in total. The molecule has 0 heterocycles. The van der Waals surface area contributed by atoms with Crippen LogP contribution in [0, 0.1) is 0 Å². The fraction of sp³-hybridized carbons (Fsp3) is 1.00. The highest BCUT2D eigenvalue weighted by atomic mass is 31.2. The number of hydrogen-bond acceptors (Lipinski definition) is 2. The second-order valence-electron chi connectivity index (χ2n) is 5.70. The zero-order valence-electron chi connectivity index (χ0n) is 11.0. The van der Waals surface area contributed by atoms with E-state index in [0.29, 0.717) is 13.0 Å². The molecule has 0 atom stereocenters. The highest BCUT2D eigenvalue weighted by Crippen LogP contribution is 2.37. The van der Waals surface area contributed by atoms with Crippen LogP contribution in [0.25, 0.3) is 0 Å². The lowest BCUT2D eigenvalue weighted by atomic mass is 10.2. The molecular weight excluding hydrogens is 243 g/mol. The van der Waals surface area contributed by atoms with E-state index in [-0.39, 0.29) is 11.2 Å². The molecule has 6 heteroatoms. The Morgan fingerprint density at radius 2 is 1.69 bits per heavy atom. The van der Waals surface area contributed by atoms with Crippen LogP contribution in [0.3, 0.4) is 0 Å². The number of rotatable bonds is 6. The Morgan fingerprint density at radius 1 is 1.19 bits per heavy atom. The molecule has 0 aliphatic rings. The third-order valence-corrected chi connectivity index (χ3v) is 8.55.